The molecular formula is C13H15BrN2O2. The molecule has 0 aliphatic carbocycles. The zero-order valence-corrected chi connectivity index (χ0v) is 11.6. The summed E-state index contributed by atoms with van der Waals surface area (Å²) >= 11 is 3.37. The lowest BCUT2D eigenvalue weighted by molar-refractivity contribution is -0.121. The van der Waals surface area contributed by atoms with Gasteiger partial charge in [0.25, 0.3) is 0 Å². The maximum Gasteiger partial charge on any atom is 0.240 e. The molecule has 2 rings (SSSR count). The second-order valence-electron chi connectivity index (χ2n) is 4.01. The maximum atomic E-state index is 11.0. The fourth-order valence-corrected chi connectivity index (χ4v) is 1.92. The Balaban J connectivity index is 2.05. The smallest absolute Gasteiger partial charge is 0.240 e. The van der Waals surface area contributed by atoms with E-state index in [1.807, 2.05) is 24.3 Å². The number of hydrogen-bond acceptors (Lipinski definition) is 3. The van der Waals surface area contributed by atoms with E-state index < -0.39 is 0 Å². The lowest BCUT2D eigenvalue weighted by Crippen LogP contribution is -2.25. The van der Waals surface area contributed by atoms with E-state index in [2.05, 4.69) is 26.5 Å². The predicted molar refractivity (Wildman–Crippen MR) is 74.3 cm³/mol. The van der Waals surface area contributed by atoms with Crippen LogP contribution >= 0.6 is 15.9 Å². The van der Waals surface area contributed by atoms with E-state index in [4.69, 9.17) is 4.74 Å². The normalized spacial score (nSPS) is 14.9. The van der Waals surface area contributed by atoms with Gasteiger partial charge < -0.3 is 4.74 Å². The van der Waals surface area contributed by atoms with Gasteiger partial charge in [0.05, 0.1) is 12.3 Å². The molecule has 1 aliphatic rings. The molecule has 0 fully saturated rings. The number of alkyl halides is 1. The van der Waals surface area contributed by atoms with Crippen molar-refractivity contribution in [3.8, 4) is 5.75 Å². The van der Waals surface area contributed by atoms with Crippen molar-refractivity contribution in [2.75, 3.05) is 11.9 Å². The Morgan fingerprint density at radius 1 is 1.39 bits per heavy atom. The van der Waals surface area contributed by atoms with Crippen molar-refractivity contribution in [2.45, 2.75) is 19.3 Å². The number of rotatable bonds is 5. The molecular weight excluding hydrogens is 296 g/mol. The Labute approximate surface area is 115 Å². The summed E-state index contributed by atoms with van der Waals surface area (Å²) in [6.45, 7) is 0.692. The summed E-state index contributed by atoms with van der Waals surface area (Å²) in [5.74, 6) is 0.816. The number of ether oxygens (including phenoxy) is 1. The average Bonchev–Trinajstić information content (AvgIpc) is 2.40. The summed E-state index contributed by atoms with van der Waals surface area (Å²) < 4.78 is 5.63. The van der Waals surface area contributed by atoms with E-state index in [0.717, 1.165) is 28.8 Å². The van der Waals surface area contributed by atoms with E-state index >= 15 is 0 Å². The van der Waals surface area contributed by atoms with Gasteiger partial charge in [-0.05, 0) is 18.6 Å². The van der Waals surface area contributed by atoms with E-state index in [1.165, 1.54) is 0 Å². The minimum absolute atomic E-state index is 0.0246. The summed E-state index contributed by atoms with van der Waals surface area (Å²) in [7, 11) is 0. The molecule has 0 saturated carbocycles. The minimum atomic E-state index is -0.0246. The van der Waals surface area contributed by atoms with Crippen LogP contribution in [0, 0.1) is 0 Å². The number of benzene rings is 1. The first-order valence-corrected chi connectivity index (χ1v) is 7.06. The molecule has 0 unspecified atom stereocenters. The van der Waals surface area contributed by atoms with Crippen molar-refractivity contribution in [1.29, 1.82) is 0 Å². The molecule has 1 aromatic rings. The standard InChI is InChI=1S/C13H15BrN2O2/c14-7-2-8-18-11-4-1-3-10(9-11)12-5-6-13(17)16-15-12/h1,3-4,9H,2,5-8H2,(H,16,17). The zero-order valence-electron chi connectivity index (χ0n) is 9.99. The fourth-order valence-electron chi connectivity index (χ4n) is 1.69. The molecule has 5 heteroatoms. The predicted octanol–water partition coefficient (Wildman–Crippen LogP) is 2.46. The van der Waals surface area contributed by atoms with Crippen LogP contribution in [0.15, 0.2) is 29.4 Å². The van der Waals surface area contributed by atoms with E-state index in [0.29, 0.717) is 19.4 Å². The van der Waals surface area contributed by atoms with Crippen molar-refractivity contribution in [3.05, 3.63) is 29.8 Å². The summed E-state index contributed by atoms with van der Waals surface area (Å²) in [6, 6.07) is 7.82. The van der Waals surface area contributed by atoms with Crippen LogP contribution < -0.4 is 10.2 Å². The Morgan fingerprint density at radius 2 is 2.28 bits per heavy atom. The van der Waals surface area contributed by atoms with E-state index in [1.54, 1.807) is 0 Å². The maximum absolute atomic E-state index is 11.0. The minimum Gasteiger partial charge on any atom is -0.494 e. The van der Waals surface area contributed by atoms with Crippen molar-refractivity contribution >= 4 is 27.5 Å². The lowest BCUT2D eigenvalue weighted by atomic mass is 10.0. The van der Waals surface area contributed by atoms with E-state index in [9.17, 15) is 4.79 Å². The first kappa shape index (κ1) is 13.1. The number of nitrogens with zero attached hydrogens (tertiary/aromatic N) is 1. The number of carbonyl (C=O) groups excluding carboxylic acids is 1. The van der Waals surface area contributed by atoms with Gasteiger partial charge in [-0.2, -0.15) is 5.10 Å². The largest absolute Gasteiger partial charge is 0.494 e. The van der Waals surface area contributed by atoms with Crippen LogP contribution in [0.25, 0.3) is 0 Å². The number of hydrogen-bond donors (Lipinski definition) is 1. The Morgan fingerprint density at radius 3 is 3.00 bits per heavy atom. The SMILES string of the molecule is O=C1CCC(c2cccc(OCCCBr)c2)=NN1. The second kappa shape index (κ2) is 6.54. The van der Waals surface area contributed by atoms with Gasteiger partial charge in [0.15, 0.2) is 0 Å². The molecule has 96 valence electrons. The fraction of sp³-hybridized carbons (Fsp3) is 0.385. The van der Waals surface area contributed by atoms with Gasteiger partial charge in [0, 0.05) is 23.7 Å². The third-order valence-corrected chi connectivity index (χ3v) is 3.18. The highest BCUT2D eigenvalue weighted by Crippen LogP contribution is 2.17. The van der Waals surface area contributed by atoms with Crippen LogP contribution in [0.4, 0.5) is 0 Å². The zero-order chi connectivity index (χ0) is 12.8. The van der Waals surface area contributed by atoms with Crippen molar-refractivity contribution in [1.82, 2.24) is 5.43 Å². The Kier molecular flexibility index (Phi) is 4.75. The highest BCUT2D eigenvalue weighted by molar-refractivity contribution is 9.09. The molecule has 0 bridgehead atoms. The molecule has 0 radical (unpaired) electrons. The molecule has 1 aromatic carbocycles. The van der Waals surface area contributed by atoms with Gasteiger partial charge in [0.2, 0.25) is 5.91 Å². The number of amides is 1. The molecule has 1 amide bonds. The van der Waals surface area contributed by atoms with Crippen LogP contribution in [0.2, 0.25) is 0 Å². The van der Waals surface area contributed by atoms with Gasteiger partial charge >= 0.3 is 0 Å². The van der Waals surface area contributed by atoms with Crippen LogP contribution in [0.5, 0.6) is 5.75 Å². The van der Waals surface area contributed by atoms with Crippen molar-refractivity contribution in [2.24, 2.45) is 5.10 Å². The second-order valence-corrected chi connectivity index (χ2v) is 4.81. The highest BCUT2D eigenvalue weighted by atomic mass is 79.9. The Hall–Kier alpha value is -1.36. The molecule has 0 aromatic heterocycles. The molecule has 1 N–H and O–H groups in total. The number of nitrogens with one attached hydrogen (secondary N) is 1. The van der Waals surface area contributed by atoms with E-state index in [-0.39, 0.29) is 5.91 Å². The molecule has 0 atom stereocenters. The van der Waals surface area contributed by atoms with Gasteiger partial charge in [-0.1, -0.05) is 28.1 Å². The highest BCUT2D eigenvalue weighted by Gasteiger charge is 2.13. The molecule has 1 heterocycles. The Bertz CT molecular complexity index is 460. The monoisotopic (exact) mass is 310 g/mol. The first-order chi connectivity index (χ1) is 8.79. The lowest BCUT2D eigenvalue weighted by Gasteiger charge is -2.13. The van der Waals surface area contributed by atoms with Gasteiger partial charge in [-0.25, -0.2) is 5.43 Å². The third-order valence-electron chi connectivity index (χ3n) is 2.62. The van der Waals surface area contributed by atoms with Crippen molar-refractivity contribution in [3.63, 3.8) is 0 Å². The molecule has 4 nitrogen and oxygen atoms in total. The number of hydrazone groups is 1. The van der Waals surface area contributed by atoms with Gasteiger partial charge in [-0.3, -0.25) is 4.79 Å². The average molecular weight is 311 g/mol. The first-order valence-electron chi connectivity index (χ1n) is 5.94. The summed E-state index contributed by atoms with van der Waals surface area (Å²) in [6.07, 6.45) is 2.14. The summed E-state index contributed by atoms with van der Waals surface area (Å²) in [4.78, 5) is 11.0. The van der Waals surface area contributed by atoms with Crippen LogP contribution in [0.3, 0.4) is 0 Å². The third kappa shape index (κ3) is 3.57. The molecule has 0 saturated heterocycles. The summed E-state index contributed by atoms with van der Waals surface area (Å²) in [5.41, 5.74) is 4.41. The van der Waals surface area contributed by atoms with Crippen LogP contribution in [0.1, 0.15) is 24.8 Å². The molecule has 0 spiro atoms. The molecule has 18 heavy (non-hydrogen) atoms. The van der Waals surface area contributed by atoms with Crippen LogP contribution in [-0.2, 0) is 4.79 Å². The van der Waals surface area contributed by atoms with Crippen molar-refractivity contribution < 1.29 is 9.53 Å². The molecule has 1 aliphatic heterocycles. The topological polar surface area (TPSA) is 50.7 Å². The van der Waals surface area contributed by atoms with Gasteiger partial charge in [0.1, 0.15) is 5.75 Å². The van der Waals surface area contributed by atoms with Crippen LogP contribution in [-0.4, -0.2) is 23.6 Å². The number of halogens is 1. The van der Waals surface area contributed by atoms with Gasteiger partial charge in [-0.15, -0.1) is 0 Å². The quantitative estimate of drug-likeness (QED) is 0.671. The summed E-state index contributed by atoms with van der Waals surface area (Å²) in [5, 5.41) is 5.01. The number of carbonyl (C=O) groups is 1.